The predicted octanol–water partition coefficient (Wildman–Crippen LogP) is 6.96. The molecule has 2 aliphatic rings. The van der Waals surface area contributed by atoms with Crippen LogP contribution in [-0.2, 0) is 25.4 Å². The summed E-state index contributed by atoms with van der Waals surface area (Å²) in [6.07, 6.45) is 0.570. The number of thiophene rings is 1. The second-order valence-corrected chi connectivity index (χ2v) is 9.60. The minimum Gasteiger partial charge on any atom is -0.312 e. The third-order valence-corrected chi connectivity index (χ3v) is 7.75. The Balaban J connectivity index is 1.50. The summed E-state index contributed by atoms with van der Waals surface area (Å²) >= 11 is 1.71. The van der Waals surface area contributed by atoms with E-state index in [0.717, 1.165) is 48.3 Å². The Morgan fingerprint density at radius 2 is 1.76 bits per heavy atom. The van der Waals surface area contributed by atoms with Gasteiger partial charge in [0.15, 0.2) is 0 Å². The summed E-state index contributed by atoms with van der Waals surface area (Å²) in [5, 5.41) is 2.65. The molecule has 0 fully saturated rings. The SMILES string of the molecule is O=C(Nc1cccc(C(F)(F)F)c1)N1CCc2c(sc3c2CCCC3)[C@H]1c1ccc(F)cc1. The highest BCUT2D eigenvalue weighted by Gasteiger charge is 2.37. The van der Waals surface area contributed by atoms with Gasteiger partial charge in [-0.15, -0.1) is 11.3 Å². The Morgan fingerprint density at radius 1 is 1.00 bits per heavy atom. The highest BCUT2D eigenvalue weighted by Crippen LogP contribution is 2.45. The second kappa shape index (κ2) is 8.48. The topological polar surface area (TPSA) is 32.3 Å². The first-order chi connectivity index (χ1) is 15.8. The summed E-state index contributed by atoms with van der Waals surface area (Å²) < 4.78 is 52.9. The number of fused-ring (bicyclic) bond motifs is 3. The largest absolute Gasteiger partial charge is 0.416 e. The summed E-state index contributed by atoms with van der Waals surface area (Å²) in [6.45, 7) is 0.434. The van der Waals surface area contributed by atoms with Crippen LogP contribution in [-0.4, -0.2) is 17.5 Å². The van der Waals surface area contributed by atoms with Crippen molar-refractivity contribution in [3.63, 3.8) is 0 Å². The number of rotatable bonds is 2. The quantitative estimate of drug-likeness (QED) is 0.400. The Morgan fingerprint density at radius 3 is 2.52 bits per heavy atom. The number of benzene rings is 2. The summed E-state index contributed by atoms with van der Waals surface area (Å²) in [5.74, 6) is -0.361. The van der Waals surface area contributed by atoms with E-state index in [1.807, 2.05) is 0 Å². The molecule has 172 valence electrons. The molecular weight excluding hydrogens is 452 g/mol. The van der Waals surface area contributed by atoms with E-state index in [0.29, 0.717) is 13.0 Å². The minimum atomic E-state index is -4.49. The van der Waals surface area contributed by atoms with Crippen LogP contribution in [0.5, 0.6) is 0 Å². The molecule has 0 radical (unpaired) electrons. The fraction of sp³-hybridized carbons (Fsp3) is 0.320. The Bertz CT molecular complexity index is 1190. The van der Waals surface area contributed by atoms with E-state index in [2.05, 4.69) is 5.32 Å². The van der Waals surface area contributed by atoms with Crippen LogP contribution < -0.4 is 5.32 Å². The molecule has 1 N–H and O–H groups in total. The van der Waals surface area contributed by atoms with Crippen molar-refractivity contribution in [2.24, 2.45) is 0 Å². The maximum Gasteiger partial charge on any atom is 0.416 e. The lowest BCUT2D eigenvalue weighted by Crippen LogP contribution is -2.42. The van der Waals surface area contributed by atoms with Crippen molar-refractivity contribution >= 4 is 23.1 Å². The van der Waals surface area contributed by atoms with Crippen LogP contribution >= 0.6 is 11.3 Å². The third kappa shape index (κ3) is 4.24. The molecule has 8 heteroatoms. The van der Waals surface area contributed by atoms with Gasteiger partial charge in [-0.1, -0.05) is 18.2 Å². The van der Waals surface area contributed by atoms with Gasteiger partial charge in [0.05, 0.1) is 11.6 Å². The van der Waals surface area contributed by atoms with E-state index in [1.165, 1.54) is 40.3 Å². The molecule has 0 saturated heterocycles. The number of hydrogen-bond donors (Lipinski definition) is 1. The van der Waals surface area contributed by atoms with Crippen LogP contribution in [0.3, 0.4) is 0 Å². The van der Waals surface area contributed by atoms with Crippen molar-refractivity contribution in [3.05, 3.63) is 86.4 Å². The second-order valence-electron chi connectivity index (χ2n) is 8.46. The number of amides is 2. The number of aryl methyl sites for hydroxylation is 1. The van der Waals surface area contributed by atoms with Gasteiger partial charge in [-0.25, -0.2) is 9.18 Å². The molecule has 33 heavy (non-hydrogen) atoms. The first-order valence-electron chi connectivity index (χ1n) is 10.9. The lowest BCUT2D eigenvalue weighted by molar-refractivity contribution is -0.137. The zero-order valence-corrected chi connectivity index (χ0v) is 18.5. The number of nitrogens with zero attached hydrogens (tertiary/aromatic N) is 1. The van der Waals surface area contributed by atoms with Gasteiger partial charge in [-0.2, -0.15) is 13.2 Å². The fourth-order valence-electron chi connectivity index (χ4n) is 4.81. The summed E-state index contributed by atoms with van der Waals surface area (Å²) in [6, 6.07) is 9.86. The van der Waals surface area contributed by atoms with Gasteiger partial charge >= 0.3 is 12.2 Å². The summed E-state index contributed by atoms with van der Waals surface area (Å²) in [4.78, 5) is 17.4. The highest BCUT2D eigenvalue weighted by molar-refractivity contribution is 7.12. The van der Waals surface area contributed by atoms with Gasteiger partial charge in [0, 0.05) is 22.0 Å². The van der Waals surface area contributed by atoms with Crippen LogP contribution in [0.1, 0.15) is 50.9 Å². The fourth-order valence-corrected chi connectivity index (χ4v) is 6.40. The van der Waals surface area contributed by atoms with Crippen molar-refractivity contribution in [1.82, 2.24) is 4.90 Å². The number of hydrogen-bond acceptors (Lipinski definition) is 2. The van der Waals surface area contributed by atoms with Crippen LogP contribution in [0.25, 0.3) is 0 Å². The van der Waals surface area contributed by atoms with Crippen molar-refractivity contribution in [3.8, 4) is 0 Å². The number of nitrogens with one attached hydrogen (secondary N) is 1. The number of halogens is 4. The van der Waals surface area contributed by atoms with Crippen LogP contribution in [0, 0.1) is 5.82 Å². The molecule has 1 aliphatic heterocycles. The average Bonchev–Trinajstić information content (AvgIpc) is 3.17. The first-order valence-corrected chi connectivity index (χ1v) is 11.8. The Kier molecular flexibility index (Phi) is 5.64. The van der Waals surface area contributed by atoms with E-state index in [9.17, 15) is 22.4 Å². The van der Waals surface area contributed by atoms with Crippen molar-refractivity contribution in [1.29, 1.82) is 0 Å². The first kappa shape index (κ1) is 21.9. The van der Waals surface area contributed by atoms with E-state index in [4.69, 9.17) is 0 Å². The molecular formula is C25H22F4N2OS. The number of carbonyl (C=O) groups excluding carboxylic acids is 1. The molecule has 3 aromatic rings. The maximum atomic E-state index is 13.6. The summed E-state index contributed by atoms with van der Waals surface area (Å²) in [5.41, 5.74) is 2.74. The molecule has 1 aromatic heterocycles. The van der Waals surface area contributed by atoms with Crippen molar-refractivity contribution in [2.75, 3.05) is 11.9 Å². The van der Waals surface area contributed by atoms with Gasteiger partial charge < -0.3 is 10.2 Å². The molecule has 5 rings (SSSR count). The minimum absolute atomic E-state index is 0.0870. The molecule has 1 atom stereocenters. The Labute approximate surface area is 193 Å². The lowest BCUT2D eigenvalue weighted by atomic mass is 9.88. The number of alkyl halides is 3. The monoisotopic (exact) mass is 474 g/mol. The Hall–Kier alpha value is -2.87. The lowest BCUT2D eigenvalue weighted by Gasteiger charge is -2.36. The van der Waals surface area contributed by atoms with Crippen LogP contribution in [0.15, 0.2) is 48.5 Å². The van der Waals surface area contributed by atoms with Gasteiger partial charge in [0.2, 0.25) is 0 Å². The van der Waals surface area contributed by atoms with Crippen molar-refractivity contribution in [2.45, 2.75) is 44.3 Å². The zero-order valence-electron chi connectivity index (χ0n) is 17.7. The molecule has 2 amide bonds. The highest BCUT2D eigenvalue weighted by atomic mass is 32.1. The van der Waals surface area contributed by atoms with Gasteiger partial charge in [-0.3, -0.25) is 0 Å². The third-order valence-electron chi connectivity index (χ3n) is 6.36. The molecule has 0 spiro atoms. The van der Waals surface area contributed by atoms with Gasteiger partial charge in [0.25, 0.3) is 0 Å². The standard InChI is InChI=1S/C25H22F4N2OS/c26-17-10-8-15(9-11-17)22-23-20(19-6-1-2-7-21(19)33-23)12-13-31(22)24(32)30-18-5-3-4-16(14-18)25(27,28)29/h3-5,8-11,14,22H,1-2,6-7,12-13H2,(H,30,32)/t22-/m1/s1. The van der Waals surface area contributed by atoms with E-state index in [1.54, 1.807) is 28.4 Å². The average molecular weight is 475 g/mol. The molecule has 3 nitrogen and oxygen atoms in total. The number of urea groups is 1. The normalized spacial score (nSPS) is 17.9. The van der Waals surface area contributed by atoms with Crippen LogP contribution in [0.2, 0.25) is 0 Å². The molecule has 0 unspecified atom stereocenters. The maximum absolute atomic E-state index is 13.6. The smallest absolute Gasteiger partial charge is 0.312 e. The van der Waals surface area contributed by atoms with Crippen molar-refractivity contribution < 1.29 is 22.4 Å². The number of carbonyl (C=O) groups is 1. The van der Waals surface area contributed by atoms with E-state index in [-0.39, 0.29) is 11.5 Å². The number of anilines is 1. The van der Waals surface area contributed by atoms with Crippen LogP contribution in [0.4, 0.5) is 28.0 Å². The molecule has 2 aromatic carbocycles. The van der Waals surface area contributed by atoms with E-state index < -0.39 is 23.8 Å². The molecule has 2 heterocycles. The van der Waals surface area contributed by atoms with E-state index >= 15 is 0 Å². The summed E-state index contributed by atoms with van der Waals surface area (Å²) in [7, 11) is 0. The molecule has 0 saturated carbocycles. The zero-order chi connectivity index (χ0) is 23.2. The molecule has 0 bridgehead atoms. The molecule has 1 aliphatic carbocycles. The van der Waals surface area contributed by atoms with Gasteiger partial charge in [-0.05, 0) is 79.1 Å². The predicted molar refractivity (Wildman–Crippen MR) is 120 cm³/mol. The van der Waals surface area contributed by atoms with Gasteiger partial charge in [0.1, 0.15) is 5.82 Å².